The van der Waals surface area contributed by atoms with Crippen LogP contribution in [0, 0.1) is 0 Å². The quantitative estimate of drug-likeness (QED) is 0.793. The zero-order valence-electron chi connectivity index (χ0n) is 14.6. The average Bonchev–Trinajstić information content (AvgIpc) is 3.09. The molecule has 2 aliphatic rings. The lowest BCUT2D eigenvalue weighted by Crippen LogP contribution is -2.53. The average molecular weight is 331 g/mol. The van der Waals surface area contributed by atoms with Gasteiger partial charge in [-0.15, -0.1) is 0 Å². The number of hydrogen-bond acceptors (Lipinski definition) is 4. The molecule has 5 nitrogen and oxygen atoms in total. The van der Waals surface area contributed by atoms with Crippen molar-refractivity contribution in [3.8, 4) is 0 Å². The molecule has 0 aliphatic carbocycles. The van der Waals surface area contributed by atoms with Gasteiger partial charge in [-0.3, -0.25) is 4.90 Å². The summed E-state index contributed by atoms with van der Waals surface area (Å²) in [5.74, 6) is -0.299. The molecule has 5 heteroatoms. The number of fused-ring (bicyclic) bond motifs is 2. The van der Waals surface area contributed by atoms with Crippen LogP contribution in [0.3, 0.4) is 0 Å². The molecule has 0 aromatic heterocycles. The molecule has 2 heterocycles. The Kier molecular flexibility index (Phi) is 4.28. The van der Waals surface area contributed by atoms with Crippen molar-refractivity contribution in [2.45, 2.75) is 70.2 Å². The summed E-state index contributed by atoms with van der Waals surface area (Å²) < 4.78 is 11.1. The van der Waals surface area contributed by atoms with Gasteiger partial charge in [0.15, 0.2) is 0 Å². The highest BCUT2D eigenvalue weighted by Crippen LogP contribution is 2.48. The molecule has 0 spiro atoms. The van der Waals surface area contributed by atoms with Crippen molar-refractivity contribution in [1.82, 2.24) is 4.90 Å². The van der Waals surface area contributed by atoms with E-state index in [-0.39, 0.29) is 18.6 Å². The minimum Gasteiger partial charge on any atom is -0.458 e. The number of amides is 1. The molecule has 2 fully saturated rings. The van der Waals surface area contributed by atoms with E-state index in [0.29, 0.717) is 12.8 Å². The minimum absolute atomic E-state index is 0.0841. The van der Waals surface area contributed by atoms with Crippen molar-refractivity contribution >= 4 is 12.1 Å². The van der Waals surface area contributed by atoms with Crippen LogP contribution in [0.5, 0.6) is 0 Å². The number of nitrogens with zero attached hydrogens (tertiary/aromatic N) is 1. The van der Waals surface area contributed by atoms with Crippen molar-refractivity contribution in [2.75, 3.05) is 0 Å². The number of carbonyl (C=O) groups excluding carboxylic acids is 2. The summed E-state index contributed by atoms with van der Waals surface area (Å²) in [6.07, 6.45) is 2.57. The molecular formula is C19H25NO4. The van der Waals surface area contributed by atoms with Gasteiger partial charge in [0.05, 0.1) is 0 Å². The standard InChI is InChI=1S/C19H25NO4/c1-18(2,3)24-16(21)19-11-9-15(10-12-19)20(19)17(22)23-13-14-7-5-4-6-8-14/h4-8,15H,9-13H2,1-3H3. The molecular weight excluding hydrogens is 306 g/mol. The Hall–Kier alpha value is -2.04. The molecule has 0 radical (unpaired) electrons. The first-order chi connectivity index (χ1) is 11.3. The lowest BCUT2D eigenvalue weighted by Gasteiger charge is -2.34. The van der Waals surface area contributed by atoms with Crippen LogP contribution in [0.1, 0.15) is 52.0 Å². The first-order valence-corrected chi connectivity index (χ1v) is 8.55. The van der Waals surface area contributed by atoms with Crippen LogP contribution in [-0.2, 0) is 20.9 Å². The highest BCUT2D eigenvalue weighted by molar-refractivity contribution is 5.88. The van der Waals surface area contributed by atoms with E-state index in [0.717, 1.165) is 18.4 Å². The highest BCUT2D eigenvalue weighted by atomic mass is 16.6. The van der Waals surface area contributed by atoms with Gasteiger partial charge < -0.3 is 9.47 Å². The molecule has 0 N–H and O–H groups in total. The van der Waals surface area contributed by atoms with E-state index in [1.165, 1.54) is 0 Å². The predicted molar refractivity (Wildman–Crippen MR) is 89.3 cm³/mol. The third-order valence-corrected chi connectivity index (χ3v) is 4.79. The maximum atomic E-state index is 12.8. The van der Waals surface area contributed by atoms with Crippen molar-refractivity contribution in [1.29, 1.82) is 0 Å². The third kappa shape index (κ3) is 3.12. The first-order valence-electron chi connectivity index (χ1n) is 8.55. The minimum atomic E-state index is -0.842. The second-order valence-corrected chi connectivity index (χ2v) is 7.67. The second-order valence-electron chi connectivity index (χ2n) is 7.67. The van der Waals surface area contributed by atoms with E-state index in [9.17, 15) is 9.59 Å². The fraction of sp³-hybridized carbons (Fsp3) is 0.579. The Bertz CT molecular complexity index is 612. The predicted octanol–water partition coefficient (Wildman–Crippen LogP) is 3.66. The summed E-state index contributed by atoms with van der Waals surface area (Å²) in [5.41, 5.74) is -0.471. The largest absolute Gasteiger partial charge is 0.458 e. The van der Waals surface area contributed by atoms with Crippen LogP contribution in [0.15, 0.2) is 30.3 Å². The topological polar surface area (TPSA) is 55.8 Å². The van der Waals surface area contributed by atoms with Crippen LogP contribution in [0.25, 0.3) is 0 Å². The van der Waals surface area contributed by atoms with Gasteiger partial charge in [0.2, 0.25) is 0 Å². The Morgan fingerprint density at radius 3 is 2.38 bits per heavy atom. The van der Waals surface area contributed by atoms with E-state index in [1.54, 1.807) is 4.90 Å². The molecule has 3 rings (SSSR count). The van der Waals surface area contributed by atoms with Gasteiger partial charge in [-0.05, 0) is 52.0 Å². The SMILES string of the molecule is CC(C)(C)OC(=O)C12CCC(CC1)N2C(=O)OCc1ccccc1. The van der Waals surface area contributed by atoms with Gasteiger partial charge >= 0.3 is 12.1 Å². The molecule has 2 bridgehead atoms. The van der Waals surface area contributed by atoms with Gasteiger partial charge in [0, 0.05) is 6.04 Å². The van der Waals surface area contributed by atoms with Crippen molar-refractivity contribution in [3.05, 3.63) is 35.9 Å². The van der Waals surface area contributed by atoms with E-state index >= 15 is 0 Å². The fourth-order valence-corrected chi connectivity index (χ4v) is 3.72. The van der Waals surface area contributed by atoms with Crippen LogP contribution in [0.2, 0.25) is 0 Å². The smallest absolute Gasteiger partial charge is 0.411 e. The molecule has 2 saturated heterocycles. The summed E-state index contributed by atoms with van der Waals surface area (Å²) in [6, 6.07) is 9.64. The number of rotatable bonds is 3. The Balaban J connectivity index is 1.71. The molecule has 130 valence electrons. The van der Waals surface area contributed by atoms with Gasteiger partial charge in [0.1, 0.15) is 17.7 Å². The summed E-state index contributed by atoms with van der Waals surface area (Å²) in [7, 11) is 0. The zero-order valence-corrected chi connectivity index (χ0v) is 14.6. The van der Waals surface area contributed by atoms with Crippen molar-refractivity contribution in [2.24, 2.45) is 0 Å². The van der Waals surface area contributed by atoms with Crippen molar-refractivity contribution in [3.63, 3.8) is 0 Å². The molecule has 0 unspecified atom stereocenters. The third-order valence-electron chi connectivity index (χ3n) is 4.79. The summed E-state index contributed by atoms with van der Waals surface area (Å²) in [5, 5.41) is 0. The maximum absolute atomic E-state index is 12.8. The van der Waals surface area contributed by atoms with Crippen molar-refractivity contribution < 1.29 is 19.1 Å². The number of ether oxygens (including phenoxy) is 2. The van der Waals surface area contributed by atoms with Gasteiger partial charge in [-0.25, -0.2) is 9.59 Å². The number of carbonyl (C=O) groups is 2. The van der Waals surface area contributed by atoms with E-state index in [2.05, 4.69) is 0 Å². The lowest BCUT2D eigenvalue weighted by atomic mass is 9.87. The lowest BCUT2D eigenvalue weighted by molar-refractivity contribution is -0.166. The number of esters is 1. The molecule has 1 aromatic rings. The molecule has 0 saturated carbocycles. The Labute approximate surface area is 142 Å². The normalized spacial score (nSPS) is 25.6. The highest BCUT2D eigenvalue weighted by Gasteiger charge is 2.60. The molecule has 1 aromatic carbocycles. The number of hydrogen-bond donors (Lipinski definition) is 0. The van der Waals surface area contributed by atoms with Gasteiger partial charge in [-0.1, -0.05) is 30.3 Å². The van der Waals surface area contributed by atoms with E-state index in [4.69, 9.17) is 9.47 Å². The number of benzene rings is 1. The Morgan fingerprint density at radius 1 is 1.17 bits per heavy atom. The maximum Gasteiger partial charge on any atom is 0.411 e. The molecule has 24 heavy (non-hydrogen) atoms. The molecule has 0 atom stereocenters. The van der Waals surface area contributed by atoms with Crippen LogP contribution < -0.4 is 0 Å². The molecule has 1 amide bonds. The second kappa shape index (κ2) is 6.11. The first kappa shape index (κ1) is 16.8. The zero-order chi connectivity index (χ0) is 17.4. The van der Waals surface area contributed by atoms with Crippen LogP contribution in [-0.4, -0.2) is 34.1 Å². The summed E-state index contributed by atoms with van der Waals surface area (Å²) in [6.45, 7) is 5.76. The summed E-state index contributed by atoms with van der Waals surface area (Å²) >= 11 is 0. The summed E-state index contributed by atoms with van der Waals surface area (Å²) in [4.78, 5) is 27.1. The van der Waals surface area contributed by atoms with Crippen LogP contribution in [0.4, 0.5) is 4.79 Å². The fourth-order valence-electron chi connectivity index (χ4n) is 3.72. The van der Waals surface area contributed by atoms with Crippen LogP contribution >= 0.6 is 0 Å². The van der Waals surface area contributed by atoms with Gasteiger partial charge in [0.25, 0.3) is 0 Å². The monoisotopic (exact) mass is 331 g/mol. The van der Waals surface area contributed by atoms with E-state index in [1.807, 2.05) is 51.1 Å². The Morgan fingerprint density at radius 2 is 1.79 bits per heavy atom. The van der Waals surface area contributed by atoms with Gasteiger partial charge in [-0.2, -0.15) is 0 Å². The van der Waals surface area contributed by atoms with E-state index < -0.39 is 17.2 Å². The molecule has 2 aliphatic heterocycles.